The molecule has 30 heavy (non-hydrogen) atoms. The van der Waals surface area contributed by atoms with Crippen LogP contribution in [-0.2, 0) is 0 Å². The van der Waals surface area contributed by atoms with E-state index in [0.717, 1.165) is 5.56 Å². The second-order valence-electron chi connectivity index (χ2n) is 7.48. The van der Waals surface area contributed by atoms with Crippen molar-refractivity contribution in [2.75, 3.05) is 41.4 Å². The Morgan fingerprint density at radius 2 is 1.83 bits per heavy atom. The van der Waals surface area contributed by atoms with Crippen LogP contribution in [0.15, 0.2) is 51.7 Å². The number of hydrogen-bond acceptors (Lipinski definition) is 6. The van der Waals surface area contributed by atoms with Crippen molar-refractivity contribution >= 4 is 16.9 Å². The fraction of sp³-hybridized carbons (Fsp3) is 0.304. The summed E-state index contributed by atoms with van der Waals surface area (Å²) in [6.45, 7) is 1.09. The third kappa shape index (κ3) is 3.21. The van der Waals surface area contributed by atoms with Crippen LogP contribution in [0.3, 0.4) is 0 Å². The molecule has 3 aromatic rings. The van der Waals surface area contributed by atoms with Crippen LogP contribution < -0.4 is 14.9 Å². The SMILES string of the molecule is COc1ccc2c(=O)c3c(oc2c1)C(=O)N(CCN(C)C)C3c1ccccc1OC. The normalized spacial score (nSPS) is 15.7. The summed E-state index contributed by atoms with van der Waals surface area (Å²) < 4.78 is 16.8. The van der Waals surface area contributed by atoms with Crippen molar-refractivity contribution in [2.45, 2.75) is 6.04 Å². The molecule has 7 heteroatoms. The van der Waals surface area contributed by atoms with Gasteiger partial charge in [-0.2, -0.15) is 0 Å². The van der Waals surface area contributed by atoms with Gasteiger partial charge in [-0.25, -0.2) is 0 Å². The van der Waals surface area contributed by atoms with Gasteiger partial charge in [-0.1, -0.05) is 18.2 Å². The van der Waals surface area contributed by atoms with Crippen molar-refractivity contribution in [3.8, 4) is 11.5 Å². The number of amides is 1. The van der Waals surface area contributed by atoms with Gasteiger partial charge in [0.05, 0.1) is 31.2 Å². The summed E-state index contributed by atoms with van der Waals surface area (Å²) in [6, 6.07) is 11.9. The molecule has 0 fully saturated rings. The molecule has 0 aliphatic carbocycles. The highest BCUT2D eigenvalue weighted by Gasteiger charge is 2.43. The zero-order valence-electron chi connectivity index (χ0n) is 17.5. The number of fused-ring (bicyclic) bond motifs is 2. The lowest BCUT2D eigenvalue weighted by atomic mass is 9.97. The second kappa shape index (κ2) is 7.84. The maximum atomic E-state index is 13.5. The molecule has 1 aliphatic heterocycles. The molecular weight excluding hydrogens is 384 g/mol. The van der Waals surface area contributed by atoms with Gasteiger partial charge in [0.2, 0.25) is 5.76 Å². The predicted octanol–water partition coefficient (Wildman–Crippen LogP) is 2.92. The first-order valence-electron chi connectivity index (χ1n) is 9.69. The number of nitrogens with zero attached hydrogens (tertiary/aromatic N) is 2. The van der Waals surface area contributed by atoms with E-state index in [1.165, 1.54) is 0 Å². The molecule has 156 valence electrons. The van der Waals surface area contributed by atoms with Gasteiger partial charge in [0.25, 0.3) is 5.91 Å². The number of rotatable bonds is 6. The number of para-hydroxylation sites is 1. The van der Waals surface area contributed by atoms with Crippen LogP contribution in [0.1, 0.15) is 27.7 Å². The van der Waals surface area contributed by atoms with E-state index in [1.54, 1.807) is 37.3 Å². The maximum Gasteiger partial charge on any atom is 0.290 e. The molecular formula is C23H24N2O5. The number of methoxy groups -OCH3 is 2. The van der Waals surface area contributed by atoms with Crippen LogP contribution in [-0.4, -0.2) is 57.1 Å². The number of carbonyl (C=O) groups is 1. The van der Waals surface area contributed by atoms with Gasteiger partial charge in [0.15, 0.2) is 5.43 Å². The molecule has 0 N–H and O–H groups in total. The van der Waals surface area contributed by atoms with Gasteiger partial charge >= 0.3 is 0 Å². The third-order valence-corrected chi connectivity index (χ3v) is 5.40. The van der Waals surface area contributed by atoms with Crippen LogP contribution in [0.5, 0.6) is 11.5 Å². The highest BCUT2D eigenvalue weighted by Crippen LogP contribution is 2.41. The zero-order valence-corrected chi connectivity index (χ0v) is 17.5. The summed E-state index contributed by atoms with van der Waals surface area (Å²) in [4.78, 5) is 30.5. The van der Waals surface area contributed by atoms with E-state index in [1.807, 2.05) is 43.3 Å². The minimum atomic E-state index is -0.577. The van der Waals surface area contributed by atoms with E-state index in [9.17, 15) is 9.59 Å². The van der Waals surface area contributed by atoms with Crippen LogP contribution in [0.4, 0.5) is 0 Å². The minimum absolute atomic E-state index is 0.0791. The second-order valence-corrected chi connectivity index (χ2v) is 7.48. The summed E-state index contributed by atoms with van der Waals surface area (Å²) in [5, 5.41) is 0.414. The standard InChI is InChI=1S/C23H24N2O5/c1-24(2)11-12-25-20(15-7-5-6-8-17(15)29-4)19-21(26)16-10-9-14(28-3)13-18(16)30-22(19)23(25)27/h5-10,13,20H,11-12H2,1-4H3. The van der Waals surface area contributed by atoms with E-state index in [0.29, 0.717) is 41.1 Å². The molecule has 0 bridgehead atoms. The van der Waals surface area contributed by atoms with Crippen LogP contribution in [0.2, 0.25) is 0 Å². The minimum Gasteiger partial charge on any atom is -0.497 e. The average molecular weight is 408 g/mol. The van der Waals surface area contributed by atoms with Crippen LogP contribution >= 0.6 is 0 Å². The molecule has 0 radical (unpaired) electrons. The van der Waals surface area contributed by atoms with Crippen LogP contribution in [0.25, 0.3) is 11.0 Å². The first-order chi connectivity index (χ1) is 14.5. The highest BCUT2D eigenvalue weighted by atomic mass is 16.5. The van der Waals surface area contributed by atoms with Gasteiger partial charge in [0, 0.05) is 24.7 Å². The summed E-state index contributed by atoms with van der Waals surface area (Å²) >= 11 is 0. The number of likely N-dealkylation sites (N-methyl/N-ethyl adjacent to an activating group) is 1. The van der Waals surface area contributed by atoms with Gasteiger partial charge in [-0.15, -0.1) is 0 Å². The van der Waals surface area contributed by atoms with Crippen molar-refractivity contribution in [2.24, 2.45) is 0 Å². The molecule has 7 nitrogen and oxygen atoms in total. The topological polar surface area (TPSA) is 72.2 Å². The quantitative estimate of drug-likeness (QED) is 0.625. The largest absolute Gasteiger partial charge is 0.497 e. The Labute approximate surface area is 174 Å². The van der Waals surface area contributed by atoms with Gasteiger partial charge in [-0.05, 0) is 32.3 Å². The Balaban J connectivity index is 1.96. The fourth-order valence-corrected chi connectivity index (χ4v) is 3.88. The predicted molar refractivity (Wildman–Crippen MR) is 113 cm³/mol. The van der Waals surface area contributed by atoms with E-state index in [-0.39, 0.29) is 17.1 Å². The molecule has 1 aromatic heterocycles. The molecule has 0 spiro atoms. The lowest BCUT2D eigenvalue weighted by Crippen LogP contribution is -2.35. The fourth-order valence-electron chi connectivity index (χ4n) is 3.88. The molecule has 4 rings (SSSR count). The monoisotopic (exact) mass is 408 g/mol. The van der Waals surface area contributed by atoms with Gasteiger partial charge < -0.3 is 23.7 Å². The molecule has 1 amide bonds. The lowest BCUT2D eigenvalue weighted by molar-refractivity contribution is 0.0715. The van der Waals surface area contributed by atoms with Crippen molar-refractivity contribution in [1.29, 1.82) is 0 Å². The van der Waals surface area contributed by atoms with Gasteiger partial charge in [-0.3, -0.25) is 9.59 Å². The Morgan fingerprint density at radius 1 is 1.07 bits per heavy atom. The highest BCUT2D eigenvalue weighted by molar-refractivity contribution is 5.99. The lowest BCUT2D eigenvalue weighted by Gasteiger charge is -2.27. The smallest absolute Gasteiger partial charge is 0.290 e. The Hall–Kier alpha value is -3.32. The summed E-state index contributed by atoms with van der Waals surface area (Å²) in [5.41, 5.74) is 1.22. The number of ether oxygens (including phenoxy) is 2. The number of carbonyl (C=O) groups excluding carboxylic acids is 1. The first-order valence-corrected chi connectivity index (χ1v) is 9.69. The molecule has 0 saturated heterocycles. The summed E-state index contributed by atoms with van der Waals surface area (Å²) in [5.74, 6) is 0.953. The van der Waals surface area contributed by atoms with Crippen LogP contribution in [0, 0.1) is 0 Å². The zero-order chi connectivity index (χ0) is 21.4. The molecule has 1 unspecified atom stereocenters. The van der Waals surface area contributed by atoms with Crippen molar-refractivity contribution in [3.63, 3.8) is 0 Å². The van der Waals surface area contributed by atoms with E-state index in [2.05, 4.69) is 0 Å². The third-order valence-electron chi connectivity index (χ3n) is 5.40. The Kier molecular flexibility index (Phi) is 5.22. The molecule has 0 saturated carbocycles. The van der Waals surface area contributed by atoms with Crippen molar-refractivity contribution in [1.82, 2.24) is 9.80 Å². The van der Waals surface area contributed by atoms with Crippen molar-refractivity contribution < 1.29 is 18.7 Å². The Bertz CT molecular complexity index is 1170. The van der Waals surface area contributed by atoms with E-state index >= 15 is 0 Å². The summed E-state index contributed by atoms with van der Waals surface area (Å²) in [7, 11) is 7.00. The van der Waals surface area contributed by atoms with E-state index in [4.69, 9.17) is 13.9 Å². The number of hydrogen-bond donors (Lipinski definition) is 0. The molecule has 1 atom stereocenters. The molecule has 2 heterocycles. The van der Waals surface area contributed by atoms with Crippen molar-refractivity contribution in [3.05, 3.63) is 69.6 Å². The van der Waals surface area contributed by atoms with Gasteiger partial charge in [0.1, 0.15) is 17.1 Å². The average Bonchev–Trinajstić information content (AvgIpc) is 3.03. The molecule has 1 aliphatic rings. The summed E-state index contributed by atoms with van der Waals surface area (Å²) in [6.07, 6.45) is 0. The van der Waals surface area contributed by atoms with E-state index < -0.39 is 6.04 Å². The maximum absolute atomic E-state index is 13.5. The Morgan fingerprint density at radius 3 is 2.53 bits per heavy atom. The molecule has 2 aromatic carbocycles. The first kappa shape index (κ1) is 20.0. The number of benzene rings is 2.